The number of rotatable bonds is 7. The highest BCUT2D eigenvalue weighted by Crippen LogP contribution is 2.20. The maximum Gasteiger partial charge on any atom is 0.222 e. The van der Waals surface area contributed by atoms with Gasteiger partial charge in [-0.25, -0.2) is 0 Å². The van der Waals surface area contributed by atoms with Crippen LogP contribution in [0.15, 0.2) is 60.7 Å². The van der Waals surface area contributed by atoms with Gasteiger partial charge in [-0.15, -0.1) is 0 Å². The lowest BCUT2D eigenvalue weighted by atomic mass is 9.98. The van der Waals surface area contributed by atoms with Gasteiger partial charge in [0.25, 0.3) is 0 Å². The Balaban J connectivity index is 1.68. The van der Waals surface area contributed by atoms with Crippen molar-refractivity contribution in [2.24, 2.45) is 0 Å². The SMILES string of the molecule is Cc1cc(C)n(CCC(=O)NC(Cc2ccc(Cl)cc2)c2ccccc2)n1. The highest BCUT2D eigenvalue weighted by atomic mass is 35.5. The second kappa shape index (κ2) is 8.87. The molecule has 0 saturated heterocycles. The molecule has 0 spiro atoms. The molecule has 2 aromatic carbocycles. The maximum atomic E-state index is 12.6. The van der Waals surface area contributed by atoms with E-state index in [1.54, 1.807) is 0 Å². The van der Waals surface area contributed by atoms with Crippen molar-refractivity contribution < 1.29 is 4.79 Å². The number of amides is 1. The first-order valence-electron chi connectivity index (χ1n) is 9.11. The van der Waals surface area contributed by atoms with Gasteiger partial charge in [-0.2, -0.15) is 5.10 Å². The smallest absolute Gasteiger partial charge is 0.222 e. The molecule has 0 aliphatic heterocycles. The number of benzene rings is 2. The van der Waals surface area contributed by atoms with Crippen LogP contribution in [-0.2, 0) is 17.8 Å². The molecule has 0 saturated carbocycles. The normalized spacial score (nSPS) is 12.0. The minimum Gasteiger partial charge on any atom is -0.349 e. The molecule has 0 bridgehead atoms. The van der Waals surface area contributed by atoms with Crippen molar-refractivity contribution in [2.75, 3.05) is 0 Å². The van der Waals surface area contributed by atoms with E-state index in [0.717, 1.165) is 22.5 Å². The van der Waals surface area contributed by atoms with Crippen LogP contribution < -0.4 is 5.32 Å². The zero-order valence-corrected chi connectivity index (χ0v) is 16.4. The number of aromatic nitrogens is 2. The van der Waals surface area contributed by atoms with Gasteiger partial charge in [0.15, 0.2) is 0 Å². The van der Waals surface area contributed by atoms with Gasteiger partial charge in [0, 0.05) is 23.7 Å². The van der Waals surface area contributed by atoms with Crippen LogP contribution in [-0.4, -0.2) is 15.7 Å². The van der Waals surface area contributed by atoms with Crippen LogP contribution >= 0.6 is 11.6 Å². The lowest BCUT2D eigenvalue weighted by Crippen LogP contribution is -2.30. The minimum absolute atomic E-state index is 0.0189. The van der Waals surface area contributed by atoms with E-state index >= 15 is 0 Å². The molecule has 0 aliphatic rings. The number of carbonyl (C=O) groups is 1. The van der Waals surface area contributed by atoms with E-state index in [4.69, 9.17) is 11.6 Å². The number of carbonyl (C=O) groups excluding carboxylic acids is 1. The van der Waals surface area contributed by atoms with Crippen molar-refractivity contribution in [3.63, 3.8) is 0 Å². The molecule has 1 aromatic heterocycles. The van der Waals surface area contributed by atoms with Crippen LogP contribution in [0, 0.1) is 13.8 Å². The third kappa shape index (κ3) is 5.44. The van der Waals surface area contributed by atoms with Gasteiger partial charge in [0.1, 0.15) is 0 Å². The van der Waals surface area contributed by atoms with Gasteiger partial charge >= 0.3 is 0 Å². The van der Waals surface area contributed by atoms with Gasteiger partial charge in [0.05, 0.1) is 11.7 Å². The molecular formula is C22H24ClN3O. The van der Waals surface area contributed by atoms with Gasteiger partial charge in [-0.1, -0.05) is 54.1 Å². The predicted molar refractivity (Wildman–Crippen MR) is 109 cm³/mol. The summed E-state index contributed by atoms with van der Waals surface area (Å²) in [4.78, 5) is 12.6. The lowest BCUT2D eigenvalue weighted by Gasteiger charge is -2.20. The lowest BCUT2D eigenvalue weighted by molar-refractivity contribution is -0.122. The summed E-state index contributed by atoms with van der Waals surface area (Å²) >= 11 is 5.99. The third-order valence-electron chi connectivity index (χ3n) is 4.54. The Bertz CT molecular complexity index is 888. The third-order valence-corrected chi connectivity index (χ3v) is 4.80. The Morgan fingerprint density at radius 3 is 2.44 bits per heavy atom. The average Bonchev–Trinajstić information content (AvgIpc) is 2.99. The van der Waals surface area contributed by atoms with Gasteiger partial charge < -0.3 is 5.32 Å². The summed E-state index contributed by atoms with van der Waals surface area (Å²) in [7, 11) is 0. The van der Waals surface area contributed by atoms with Crippen molar-refractivity contribution >= 4 is 17.5 Å². The Hall–Kier alpha value is -2.59. The number of nitrogens with zero attached hydrogens (tertiary/aromatic N) is 2. The average molecular weight is 382 g/mol. The Labute approximate surface area is 165 Å². The van der Waals surface area contributed by atoms with Gasteiger partial charge in [-0.05, 0) is 49.6 Å². The summed E-state index contributed by atoms with van der Waals surface area (Å²) in [5.41, 5.74) is 4.26. The number of aryl methyl sites for hydroxylation is 3. The van der Waals surface area contributed by atoms with Crippen molar-refractivity contribution in [3.05, 3.63) is 88.2 Å². The monoisotopic (exact) mass is 381 g/mol. The number of hydrogen-bond acceptors (Lipinski definition) is 2. The van der Waals surface area contributed by atoms with Gasteiger partial charge in [-0.3, -0.25) is 9.48 Å². The molecule has 0 aliphatic carbocycles. The zero-order valence-electron chi connectivity index (χ0n) is 15.7. The largest absolute Gasteiger partial charge is 0.349 e. The predicted octanol–water partition coefficient (Wildman–Crippen LogP) is 4.64. The van der Waals surface area contributed by atoms with Crippen molar-refractivity contribution in [3.8, 4) is 0 Å². The quantitative estimate of drug-likeness (QED) is 0.647. The van der Waals surface area contributed by atoms with Crippen LogP contribution in [0.4, 0.5) is 0 Å². The van der Waals surface area contributed by atoms with E-state index in [1.807, 2.05) is 79.2 Å². The molecule has 1 unspecified atom stereocenters. The van der Waals surface area contributed by atoms with Crippen LogP contribution in [0.1, 0.15) is 35.0 Å². The van der Waals surface area contributed by atoms with Crippen LogP contribution in [0.2, 0.25) is 5.02 Å². The summed E-state index contributed by atoms with van der Waals surface area (Å²) in [5.74, 6) is 0.0189. The molecule has 1 atom stereocenters. The van der Waals surface area contributed by atoms with E-state index in [0.29, 0.717) is 24.4 Å². The first kappa shape index (κ1) is 19.2. The van der Waals surface area contributed by atoms with Crippen LogP contribution in [0.25, 0.3) is 0 Å². The molecule has 1 N–H and O–H groups in total. The topological polar surface area (TPSA) is 46.9 Å². The second-order valence-corrected chi connectivity index (χ2v) is 7.20. The first-order valence-corrected chi connectivity index (χ1v) is 9.49. The summed E-state index contributed by atoms with van der Waals surface area (Å²) < 4.78 is 1.88. The number of nitrogens with one attached hydrogen (secondary N) is 1. The molecule has 0 radical (unpaired) electrons. The molecule has 27 heavy (non-hydrogen) atoms. The maximum absolute atomic E-state index is 12.6. The van der Waals surface area contributed by atoms with E-state index < -0.39 is 0 Å². The molecule has 140 valence electrons. The Morgan fingerprint density at radius 1 is 1.11 bits per heavy atom. The van der Waals surface area contributed by atoms with Crippen LogP contribution in [0.5, 0.6) is 0 Å². The molecule has 1 amide bonds. The fraction of sp³-hybridized carbons (Fsp3) is 0.273. The van der Waals surface area contributed by atoms with Crippen LogP contribution in [0.3, 0.4) is 0 Å². The highest BCUT2D eigenvalue weighted by molar-refractivity contribution is 6.30. The second-order valence-electron chi connectivity index (χ2n) is 6.76. The van der Waals surface area contributed by atoms with Gasteiger partial charge in [0.2, 0.25) is 5.91 Å². The molecule has 3 aromatic rings. The van der Waals surface area contributed by atoms with E-state index in [2.05, 4.69) is 10.4 Å². The summed E-state index contributed by atoms with van der Waals surface area (Å²) in [5, 5.41) is 8.31. The van der Waals surface area contributed by atoms with Crippen molar-refractivity contribution in [1.82, 2.24) is 15.1 Å². The molecule has 5 heteroatoms. The number of halogens is 1. The molecule has 4 nitrogen and oxygen atoms in total. The standard InChI is InChI=1S/C22H24ClN3O/c1-16-14-17(2)26(25-16)13-12-22(27)24-21(19-6-4-3-5-7-19)15-18-8-10-20(23)11-9-18/h3-11,14,21H,12-13,15H2,1-2H3,(H,24,27). The fourth-order valence-corrected chi connectivity index (χ4v) is 3.29. The van der Waals surface area contributed by atoms with E-state index in [1.165, 1.54) is 0 Å². The zero-order chi connectivity index (χ0) is 19.2. The Kier molecular flexibility index (Phi) is 6.30. The summed E-state index contributed by atoms with van der Waals surface area (Å²) in [6.07, 6.45) is 1.11. The first-order chi connectivity index (χ1) is 13.0. The summed E-state index contributed by atoms with van der Waals surface area (Å²) in [6.45, 7) is 4.54. The fourth-order valence-electron chi connectivity index (χ4n) is 3.17. The molecule has 0 fully saturated rings. The highest BCUT2D eigenvalue weighted by Gasteiger charge is 2.16. The molecule has 3 rings (SSSR count). The molecular weight excluding hydrogens is 358 g/mol. The van der Waals surface area contributed by atoms with Crippen molar-refractivity contribution in [2.45, 2.75) is 39.3 Å². The van der Waals surface area contributed by atoms with E-state index in [-0.39, 0.29) is 11.9 Å². The summed E-state index contributed by atoms with van der Waals surface area (Å²) in [6, 6.07) is 19.7. The number of hydrogen-bond donors (Lipinski definition) is 1. The Morgan fingerprint density at radius 2 is 1.81 bits per heavy atom. The molecule has 1 heterocycles. The van der Waals surface area contributed by atoms with Crippen molar-refractivity contribution in [1.29, 1.82) is 0 Å². The van der Waals surface area contributed by atoms with E-state index in [9.17, 15) is 4.79 Å². The minimum atomic E-state index is -0.0830.